The molecule has 1 amide bonds. The van der Waals surface area contributed by atoms with Gasteiger partial charge in [0, 0.05) is 31.1 Å². The molecule has 0 bridgehead atoms. The molecule has 0 aromatic carbocycles. The molecule has 1 unspecified atom stereocenters. The standard InChI is InChI=1S/C19H29N3O4/c1-13-17(14(2)26-20-13)10-21-5-3-4-19(11-21)12-22(6-7-25-19)18(24)15-8-16(23)9-15/h15-16,23H,3-12H2,1-2H3. The first-order chi connectivity index (χ1) is 12.5. The van der Waals surface area contributed by atoms with Crippen molar-refractivity contribution in [1.29, 1.82) is 0 Å². The van der Waals surface area contributed by atoms with Crippen molar-refractivity contribution in [3.8, 4) is 0 Å². The molecule has 7 nitrogen and oxygen atoms in total. The highest BCUT2D eigenvalue weighted by Crippen LogP contribution is 2.34. The van der Waals surface area contributed by atoms with Gasteiger partial charge in [0.2, 0.25) is 5.91 Å². The Labute approximate surface area is 154 Å². The third-order valence-corrected chi connectivity index (χ3v) is 6.20. The van der Waals surface area contributed by atoms with Crippen molar-refractivity contribution in [3.63, 3.8) is 0 Å². The number of aryl methyl sites for hydroxylation is 2. The molecule has 3 fully saturated rings. The molecule has 7 heteroatoms. The van der Waals surface area contributed by atoms with Gasteiger partial charge in [0.1, 0.15) is 5.76 Å². The van der Waals surface area contributed by atoms with Crippen molar-refractivity contribution >= 4 is 5.91 Å². The van der Waals surface area contributed by atoms with Crippen LogP contribution in [0.25, 0.3) is 0 Å². The second kappa shape index (κ2) is 6.94. The summed E-state index contributed by atoms with van der Waals surface area (Å²) in [5, 5.41) is 13.6. The number of carbonyl (C=O) groups excluding carboxylic acids is 1. The number of morpholine rings is 1. The van der Waals surface area contributed by atoms with Crippen LogP contribution in [0.5, 0.6) is 0 Å². The van der Waals surface area contributed by atoms with E-state index in [0.717, 1.165) is 49.5 Å². The van der Waals surface area contributed by atoms with Gasteiger partial charge < -0.3 is 19.3 Å². The minimum absolute atomic E-state index is 0.00199. The topological polar surface area (TPSA) is 79.0 Å². The Morgan fingerprint density at radius 3 is 2.81 bits per heavy atom. The van der Waals surface area contributed by atoms with E-state index in [1.165, 1.54) is 0 Å². The molecule has 2 aliphatic heterocycles. The second-order valence-corrected chi connectivity index (χ2v) is 8.23. The van der Waals surface area contributed by atoms with Gasteiger partial charge in [-0.05, 0) is 46.1 Å². The Kier molecular flexibility index (Phi) is 4.79. The van der Waals surface area contributed by atoms with Crippen molar-refractivity contribution in [2.75, 3.05) is 32.8 Å². The SMILES string of the molecule is Cc1noc(C)c1CN1CCCC2(C1)CN(C(=O)C1CC(O)C1)CCO2. The van der Waals surface area contributed by atoms with Crippen molar-refractivity contribution < 1.29 is 19.2 Å². The molecule has 144 valence electrons. The van der Waals surface area contributed by atoms with Crippen LogP contribution in [0.3, 0.4) is 0 Å². The Balaban J connectivity index is 1.41. The molecule has 0 radical (unpaired) electrons. The fourth-order valence-electron chi connectivity index (χ4n) is 4.60. The fraction of sp³-hybridized carbons (Fsp3) is 0.789. The number of hydrogen-bond donors (Lipinski definition) is 1. The Morgan fingerprint density at radius 1 is 1.31 bits per heavy atom. The summed E-state index contributed by atoms with van der Waals surface area (Å²) in [7, 11) is 0. The highest BCUT2D eigenvalue weighted by Gasteiger charge is 2.44. The zero-order valence-electron chi connectivity index (χ0n) is 15.7. The molecule has 4 rings (SSSR count). The monoisotopic (exact) mass is 363 g/mol. The maximum Gasteiger partial charge on any atom is 0.226 e. The predicted molar refractivity (Wildman–Crippen MR) is 94.5 cm³/mol. The molecular weight excluding hydrogens is 334 g/mol. The number of piperidine rings is 1. The van der Waals surface area contributed by atoms with E-state index in [1.54, 1.807) is 0 Å². The van der Waals surface area contributed by atoms with Crippen LogP contribution in [0.2, 0.25) is 0 Å². The van der Waals surface area contributed by atoms with Crippen LogP contribution in [-0.2, 0) is 16.1 Å². The van der Waals surface area contributed by atoms with Crippen LogP contribution in [0, 0.1) is 19.8 Å². The number of nitrogens with zero attached hydrogens (tertiary/aromatic N) is 3. The van der Waals surface area contributed by atoms with Gasteiger partial charge in [0.15, 0.2) is 0 Å². The first kappa shape index (κ1) is 17.9. The Bertz CT molecular complexity index is 646. The minimum Gasteiger partial charge on any atom is -0.393 e. The normalized spacial score (nSPS) is 32.7. The molecule has 1 aliphatic carbocycles. The summed E-state index contributed by atoms with van der Waals surface area (Å²) in [6, 6.07) is 0. The Morgan fingerprint density at radius 2 is 2.12 bits per heavy atom. The average molecular weight is 363 g/mol. The molecule has 26 heavy (non-hydrogen) atoms. The molecule has 1 aromatic heterocycles. The summed E-state index contributed by atoms with van der Waals surface area (Å²) in [6.45, 7) is 8.53. The molecule has 1 N–H and O–H groups in total. The van der Waals surface area contributed by atoms with Crippen LogP contribution in [0.4, 0.5) is 0 Å². The van der Waals surface area contributed by atoms with E-state index in [4.69, 9.17) is 9.26 Å². The number of likely N-dealkylation sites (tertiary alicyclic amines) is 1. The minimum atomic E-state index is -0.292. The number of rotatable bonds is 3. The number of amides is 1. The van der Waals surface area contributed by atoms with Gasteiger partial charge in [-0.1, -0.05) is 5.16 Å². The summed E-state index contributed by atoms with van der Waals surface area (Å²) >= 11 is 0. The fourth-order valence-corrected chi connectivity index (χ4v) is 4.60. The van der Waals surface area contributed by atoms with Crippen molar-refractivity contribution in [3.05, 3.63) is 17.0 Å². The highest BCUT2D eigenvalue weighted by atomic mass is 16.5. The third kappa shape index (κ3) is 3.40. The molecule has 2 saturated heterocycles. The van der Waals surface area contributed by atoms with Crippen LogP contribution < -0.4 is 0 Å². The number of aliphatic hydroxyl groups is 1. The van der Waals surface area contributed by atoms with Gasteiger partial charge in [-0.25, -0.2) is 0 Å². The number of carbonyl (C=O) groups is 1. The van der Waals surface area contributed by atoms with Crippen LogP contribution in [-0.4, -0.2) is 70.5 Å². The van der Waals surface area contributed by atoms with Gasteiger partial charge in [0.05, 0.1) is 30.6 Å². The van der Waals surface area contributed by atoms with Gasteiger partial charge in [-0.15, -0.1) is 0 Å². The first-order valence-electron chi connectivity index (χ1n) is 9.71. The predicted octanol–water partition coefficient (Wildman–Crippen LogP) is 1.26. The number of aliphatic hydroxyl groups excluding tert-OH is 1. The van der Waals surface area contributed by atoms with E-state index in [2.05, 4.69) is 10.1 Å². The first-order valence-corrected chi connectivity index (χ1v) is 9.71. The summed E-state index contributed by atoms with van der Waals surface area (Å²) < 4.78 is 11.5. The highest BCUT2D eigenvalue weighted by molar-refractivity contribution is 5.80. The van der Waals surface area contributed by atoms with Crippen molar-refractivity contribution in [2.45, 2.75) is 57.8 Å². The lowest BCUT2D eigenvalue weighted by Gasteiger charge is -2.49. The molecule has 1 saturated carbocycles. The largest absolute Gasteiger partial charge is 0.393 e. The molecule has 3 aliphatic rings. The number of ether oxygens (including phenoxy) is 1. The number of hydrogen-bond acceptors (Lipinski definition) is 6. The smallest absolute Gasteiger partial charge is 0.226 e. The van der Waals surface area contributed by atoms with Crippen molar-refractivity contribution in [2.24, 2.45) is 5.92 Å². The van der Waals surface area contributed by atoms with Crippen LogP contribution >= 0.6 is 0 Å². The summed E-state index contributed by atoms with van der Waals surface area (Å²) in [5.74, 6) is 1.08. The molecular formula is C19H29N3O4. The average Bonchev–Trinajstić information content (AvgIpc) is 2.90. The molecule has 1 atom stereocenters. The summed E-state index contributed by atoms with van der Waals surface area (Å²) in [4.78, 5) is 17.1. The van der Waals surface area contributed by atoms with Crippen molar-refractivity contribution in [1.82, 2.24) is 15.0 Å². The quantitative estimate of drug-likeness (QED) is 0.871. The summed E-state index contributed by atoms with van der Waals surface area (Å²) in [6.07, 6.45) is 2.98. The van der Waals surface area contributed by atoms with E-state index < -0.39 is 0 Å². The second-order valence-electron chi connectivity index (χ2n) is 8.23. The van der Waals surface area contributed by atoms with Gasteiger partial charge in [0.25, 0.3) is 0 Å². The van der Waals surface area contributed by atoms with Gasteiger partial charge in [-0.2, -0.15) is 0 Å². The molecule has 1 aromatic rings. The van der Waals surface area contributed by atoms with Gasteiger partial charge in [-0.3, -0.25) is 9.69 Å². The third-order valence-electron chi connectivity index (χ3n) is 6.20. The molecule has 3 heterocycles. The Hall–Kier alpha value is -1.44. The lowest BCUT2D eigenvalue weighted by Crippen LogP contribution is -2.61. The van der Waals surface area contributed by atoms with E-state index >= 15 is 0 Å². The zero-order valence-corrected chi connectivity index (χ0v) is 15.7. The lowest BCUT2D eigenvalue weighted by molar-refractivity contribution is -0.169. The lowest BCUT2D eigenvalue weighted by atomic mass is 9.81. The maximum absolute atomic E-state index is 12.7. The van der Waals surface area contributed by atoms with E-state index in [9.17, 15) is 9.90 Å². The van der Waals surface area contributed by atoms with Crippen LogP contribution in [0.15, 0.2) is 4.52 Å². The van der Waals surface area contributed by atoms with E-state index in [0.29, 0.717) is 32.5 Å². The zero-order chi connectivity index (χ0) is 18.3. The van der Waals surface area contributed by atoms with Gasteiger partial charge >= 0.3 is 0 Å². The van der Waals surface area contributed by atoms with E-state index in [-0.39, 0.29) is 23.5 Å². The molecule has 1 spiro atoms. The summed E-state index contributed by atoms with van der Waals surface area (Å²) in [5.41, 5.74) is 1.84. The van der Waals surface area contributed by atoms with Crippen LogP contribution in [0.1, 0.15) is 42.7 Å². The number of aromatic nitrogens is 1. The van der Waals surface area contributed by atoms with E-state index in [1.807, 2.05) is 18.7 Å². The maximum atomic E-state index is 12.7.